The van der Waals surface area contributed by atoms with Crippen LogP contribution in [0.4, 0.5) is 10.6 Å². The quantitative estimate of drug-likeness (QED) is 0.555. The molecule has 0 saturated heterocycles. The molecule has 0 aliphatic heterocycles. The van der Waals surface area contributed by atoms with E-state index in [2.05, 4.69) is 9.84 Å². The molecule has 0 saturated carbocycles. The van der Waals surface area contributed by atoms with E-state index in [0.29, 0.717) is 0 Å². The van der Waals surface area contributed by atoms with Crippen molar-refractivity contribution >= 4 is 11.9 Å². The van der Waals surface area contributed by atoms with Crippen LogP contribution in [0.25, 0.3) is 0 Å². The van der Waals surface area contributed by atoms with Gasteiger partial charge in [0.25, 0.3) is 0 Å². The highest BCUT2D eigenvalue weighted by molar-refractivity contribution is 5.72. The van der Waals surface area contributed by atoms with E-state index < -0.39 is 6.09 Å². The van der Waals surface area contributed by atoms with Crippen molar-refractivity contribution in [3.05, 3.63) is 12.3 Å². The molecular formula is C5H7N3O2. The van der Waals surface area contributed by atoms with Gasteiger partial charge >= 0.3 is 6.09 Å². The maximum Gasteiger partial charge on any atom is 0.436 e. The molecule has 1 aromatic heterocycles. The SMILES string of the molecule is COC(=O)n1nccc1N. The Morgan fingerprint density at radius 2 is 2.60 bits per heavy atom. The van der Waals surface area contributed by atoms with Gasteiger partial charge in [0, 0.05) is 6.07 Å². The maximum absolute atomic E-state index is 10.7. The summed E-state index contributed by atoms with van der Waals surface area (Å²) in [6.45, 7) is 0. The molecule has 0 amide bonds. The van der Waals surface area contributed by atoms with E-state index in [0.717, 1.165) is 4.68 Å². The smallest absolute Gasteiger partial charge is 0.436 e. The van der Waals surface area contributed by atoms with Gasteiger partial charge in [-0.15, -0.1) is 4.68 Å². The van der Waals surface area contributed by atoms with E-state index in [1.165, 1.54) is 19.4 Å². The number of nitrogen functional groups attached to an aromatic ring is 1. The molecule has 0 aliphatic rings. The van der Waals surface area contributed by atoms with Crippen LogP contribution in [0.1, 0.15) is 0 Å². The Bertz CT molecular complexity index is 243. The molecule has 0 aliphatic carbocycles. The Balaban J connectivity index is 2.93. The number of nitrogens with zero attached hydrogens (tertiary/aromatic N) is 2. The van der Waals surface area contributed by atoms with Crippen LogP contribution in [0.2, 0.25) is 0 Å². The third kappa shape index (κ3) is 0.928. The Hall–Kier alpha value is -1.52. The first-order valence-corrected chi connectivity index (χ1v) is 2.63. The normalized spacial score (nSPS) is 9.30. The van der Waals surface area contributed by atoms with E-state index in [1.807, 2.05) is 0 Å². The summed E-state index contributed by atoms with van der Waals surface area (Å²) in [5.41, 5.74) is 5.32. The topological polar surface area (TPSA) is 70.1 Å². The lowest BCUT2D eigenvalue weighted by atomic mass is 10.7. The largest absolute Gasteiger partial charge is 0.451 e. The predicted molar refractivity (Wildman–Crippen MR) is 34.4 cm³/mol. The van der Waals surface area contributed by atoms with Gasteiger partial charge in [0.05, 0.1) is 13.3 Å². The highest BCUT2D eigenvalue weighted by Crippen LogP contribution is 1.98. The van der Waals surface area contributed by atoms with Crippen molar-refractivity contribution in [3.63, 3.8) is 0 Å². The second kappa shape index (κ2) is 2.38. The minimum absolute atomic E-state index is 0.270. The molecule has 5 heteroatoms. The lowest BCUT2D eigenvalue weighted by Gasteiger charge is -1.97. The Morgan fingerprint density at radius 1 is 1.90 bits per heavy atom. The minimum Gasteiger partial charge on any atom is -0.451 e. The summed E-state index contributed by atoms with van der Waals surface area (Å²) >= 11 is 0. The van der Waals surface area contributed by atoms with Crippen molar-refractivity contribution < 1.29 is 9.53 Å². The number of nitrogens with two attached hydrogens (primary N) is 1. The van der Waals surface area contributed by atoms with Crippen LogP contribution in [-0.2, 0) is 4.74 Å². The summed E-state index contributed by atoms with van der Waals surface area (Å²) in [4.78, 5) is 10.7. The third-order valence-corrected chi connectivity index (χ3v) is 1.02. The number of aromatic nitrogens is 2. The number of hydrogen-bond acceptors (Lipinski definition) is 4. The van der Waals surface area contributed by atoms with Crippen molar-refractivity contribution in [2.75, 3.05) is 12.8 Å². The lowest BCUT2D eigenvalue weighted by molar-refractivity contribution is 0.170. The summed E-state index contributed by atoms with van der Waals surface area (Å²) < 4.78 is 5.33. The Kier molecular flexibility index (Phi) is 1.57. The number of anilines is 1. The summed E-state index contributed by atoms with van der Waals surface area (Å²) in [5, 5.41) is 3.60. The molecule has 10 heavy (non-hydrogen) atoms. The second-order valence-electron chi connectivity index (χ2n) is 1.64. The first-order valence-electron chi connectivity index (χ1n) is 2.63. The maximum atomic E-state index is 10.7. The molecule has 1 aromatic rings. The number of carbonyl (C=O) groups is 1. The molecular weight excluding hydrogens is 134 g/mol. The van der Waals surface area contributed by atoms with Gasteiger partial charge < -0.3 is 10.5 Å². The van der Waals surface area contributed by atoms with E-state index in [9.17, 15) is 4.79 Å². The predicted octanol–water partition coefficient (Wildman–Crippen LogP) is 0.0798. The van der Waals surface area contributed by atoms with Crippen molar-refractivity contribution in [2.24, 2.45) is 0 Å². The third-order valence-electron chi connectivity index (χ3n) is 1.02. The van der Waals surface area contributed by atoms with Gasteiger partial charge in [0.2, 0.25) is 0 Å². The fourth-order valence-electron chi connectivity index (χ4n) is 0.553. The van der Waals surface area contributed by atoms with Crippen LogP contribution in [0.5, 0.6) is 0 Å². The fourth-order valence-corrected chi connectivity index (χ4v) is 0.553. The lowest BCUT2D eigenvalue weighted by Crippen LogP contribution is -2.15. The number of hydrogen-bond donors (Lipinski definition) is 1. The molecule has 1 heterocycles. The van der Waals surface area contributed by atoms with Gasteiger partial charge in [-0.3, -0.25) is 0 Å². The molecule has 0 atom stereocenters. The summed E-state index contributed by atoms with van der Waals surface area (Å²) in [5.74, 6) is 0.270. The number of rotatable bonds is 0. The zero-order valence-corrected chi connectivity index (χ0v) is 5.44. The molecule has 54 valence electrons. The number of ether oxygens (including phenoxy) is 1. The van der Waals surface area contributed by atoms with Crippen LogP contribution in [0, 0.1) is 0 Å². The molecule has 5 nitrogen and oxygen atoms in total. The Morgan fingerprint density at radius 3 is 3.00 bits per heavy atom. The molecule has 0 aromatic carbocycles. The van der Waals surface area contributed by atoms with Crippen LogP contribution in [-0.4, -0.2) is 23.0 Å². The van der Waals surface area contributed by atoms with E-state index in [-0.39, 0.29) is 5.82 Å². The second-order valence-corrected chi connectivity index (χ2v) is 1.64. The Labute approximate surface area is 57.4 Å². The first kappa shape index (κ1) is 6.60. The summed E-state index contributed by atoms with van der Waals surface area (Å²) in [6.07, 6.45) is 0.842. The molecule has 0 unspecified atom stereocenters. The number of carbonyl (C=O) groups excluding carboxylic acids is 1. The zero-order chi connectivity index (χ0) is 7.56. The molecule has 0 fully saturated rings. The average Bonchev–Trinajstić information content (AvgIpc) is 2.34. The molecule has 0 bridgehead atoms. The van der Waals surface area contributed by atoms with Crippen LogP contribution < -0.4 is 5.73 Å². The van der Waals surface area contributed by atoms with Crippen molar-refractivity contribution in [1.29, 1.82) is 0 Å². The number of methoxy groups -OCH3 is 1. The van der Waals surface area contributed by atoms with Gasteiger partial charge in [-0.05, 0) is 0 Å². The van der Waals surface area contributed by atoms with Crippen molar-refractivity contribution in [1.82, 2.24) is 9.78 Å². The molecule has 0 radical (unpaired) electrons. The van der Waals surface area contributed by atoms with Crippen LogP contribution >= 0.6 is 0 Å². The average molecular weight is 141 g/mol. The highest BCUT2D eigenvalue weighted by Gasteiger charge is 2.06. The van der Waals surface area contributed by atoms with E-state index >= 15 is 0 Å². The van der Waals surface area contributed by atoms with Gasteiger partial charge in [-0.1, -0.05) is 0 Å². The molecule has 2 N–H and O–H groups in total. The fraction of sp³-hybridized carbons (Fsp3) is 0.200. The molecule has 0 spiro atoms. The van der Waals surface area contributed by atoms with Crippen LogP contribution in [0.3, 0.4) is 0 Å². The standard InChI is InChI=1S/C5H7N3O2/c1-10-5(9)8-4(6)2-3-7-8/h2-3H,6H2,1H3. The highest BCUT2D eigenvalue weighted by atomic mass is 16.5. The summed E-state index contributed by atoms with van der Waals surface area (Å²) in [7, 11) is 1.27. The molecule has 1 rings (SSSR count). The van der Waals surface area contributed by atoms with Gasteiger partial charge in [-0.2, -0.15) is 5.10 Å². The monoisotopic (exact) mass is 141 g/mol. The van der Waals surface area contributed by atoms with E-state index in [1.54, 1.807) is 0 Å². The van der Waals surface area contributed by atoms with Gasteiger partial charge in [0.1, 0.15) is 5.82 Å². The van der Waals surface area contributed by atoms with Crippen LogP contribution in [0.15, 0.2) is 12.3 Å². The van der Waals surface area contributed by atoms with Gasteiger partial charge in [0.15, 0.2) is 0 Å². The van der Waals surface area contributed by atoms with E-state index in [4.69, 9.17) is 5.73 Å². The first-order chi connectivity index (χ1) is 4.75. The van der Waals surface area contributed by atoms with Crippen molar-refractivity contribution in [2.45, 2.75) is 0 Å². The minimum atomic E-state index is -0.581. The van der Waals surface area contributed by atoms with Crippen molar-refractivity contribution in [3.8, 4) is 0 Å². The summed E-state index contributed by atoms with van der Waals surface area (Å²) in [6, 6.07) is 1.51. The zero-order valence-electron chi connectivity index (χ0n) is 5.44. The van der Waals surface area contributed by atoms with Gasteiger partial charge in [-0.25, -0.2) is 4.79 Å².